The molecule has 0 atom stereocenters. The zero-order chi connectivity index (χ0) is 8.97. The summed E-state index contributed by atoms with van der Waals surface area (Å²) in [6.45, 7) is 6.49. The molecule has 0 unspecified atom stereocenters. The highest BCUT2D eigenvalue weighted by Crippen LogP contribution is 2.16. The lowest BCUT2D eigenvalue weighted by Gasteiger charge is -2.02. The molecule has 1 aliphatic rings. The fraction of sp³-hybridized carbons (Fsp3) is 0.333. The second kappa shape index (κ2) is 4.10. The molecule has 1 rings (SSSR count). The molecule has 0 saturated carbocycles. The van der Waals surface area contributed by atoms with Crippen molar-refractivity contribution in [1.29, 1.82) is 0 Å². The van der Waals surface area contributed by atoms with Crippen molar-refractivity contribution in [2.24, 2.45) is 0 Å². The standard InChI is InChI=1S/C12H16/c1-10-8-6-4-5-7-9-11(2)12(10)3/h4,6-9H,5H2,1-3H3/b6-4-,9-7-,10-8+,12-11-. The van der Waals surface area contributed by atoms with Crippen molar-refractivity contribution in [2.45, 2.75) is 27.2 Å². The molecule has 0 aromatic rings. The van der Waals surface area contributed by atoms with Crippen LogP contribution >= 0.6 is 0 Å². The van der Waals surface area contributed by atoms with Crippen LogP contribution in [0.1, 0.15) is 27.2 Å². The first kappa shape index (κ1) is 9.05. The second-order valence-electron chi connectivity index (χ2n) is 3.22. The van der Waals surface area contributed by atoms with Gasteiger partial charge in [0, 0.05) is 0 Å². The summed E-state index contributed by atoms with van der Waals surface area (Å²) >= 11 is 0. The molecule has 0 bridgehead atoms. The van der Waals surface area contributed by atoms with E-state index >= 15 is 0 Å². The minimum atomic E-state index is 1.04. The lowest BCUT2D eigenvalue weighted by Crippen LogP contribution is -1.82. The molecule has 0 heteroatoms. The minimum Gasteiger partial charge on any atom is -0.0807 e. The molecule has 64 valence electrons. The molecule has 0 nitrogen and oxygen atoms in total. The molecule has 0 spiro atoms. The van der Waals surface area contributed by atoms with E-state index in [2.05, 4.69) is 51.2 Å². The normalized spacial score (nSPS) is 34.1. The van der Waals surface area contributed by atoms with E-state index in [1.807, 2.05) is 0 Å². The van der Waals surface area contributed by atoms with E-state index in [4.69, 9.17) is 0 Å². The molecule has 12 heavy (non-hydrogen) atoms. The smallest absolute Gasteiger partial charge is 0.0163 e. The number of hydrogen-bond donors (Lipinski definition) is 0. The predicted octanol–water partition coefficient (Wildman–Crippen LogP) is 3.79. The van der Waals surface area contributed by atoms with Gasteiger partial charge in [-0.2, -0.15) is 0 Å². The molecule has 0 radical (unpaired) electrons. The van der Waals surface area contributed by atoms with Crippen molar-refractivity contribution in [1.82, 2.24) is 0 Å². The van der Waals surface area contributed by atoms with Gasteiger partial charge >= 0.3 is 0 Å². The van der Waals surface area contributed by atoms with Crippen LogP contribution in [-0.4, -0.2) is 0 Å². The zero-order valence-corrected chi connectivity index (χ0v) is 8.09. The molecule has 0 N–H and O–H groups in total. The summed E-state index contributed by atoms with van der Waals surface area (Å²) in [6, 6.07) is 0. The van der Waals surface area contributed by atoms with E-state index in [0.717, 1.165) is 6.42 Å². The molecule has 0 amide bonds. The Hall–Kier alpha value is -1.04. The predicted molar refractivity (Wildman–Crippen MR) is 55.0 cm³/mol. The lowest BCUT2D eigenvalue weighted by atomic mass is 10.0. The van der Waals surface area contributed by atoms with Crippen LogP contribution in [-0.2, 0) is 0 Å². The van der Waals surface area contributed by atoms with E-state index in [-0.39, 0.29) is 0 Å². The Bertz CT molecular complexity index is 272. The fourth-order valence-corrected chi connectivity index (χ4v) is 1.18. The van der Waals surface area contributed by atoms with E-state index in [9.17, 15) is 0 Å². The van der Waals surface area contributed by atoms with Crippen LogP contribution < -0.4 is 0 Å². The van der Waals surface area contributed by atoms with Crippen molar-refractivity contribution in [3.8, 4) is 0 Å². The van der Waals surface area contributed by atoms with Gasteiger partial charge in [0.25, 0.3) is 0 Å². The average molecular weight is 160 g/mol. The summed E-state index contributed by atoms with van der Waals surface area (Å²) in [7, 11) is 0. The summed E-state index contributed by atoms with van der Waals surface area (Å²) < 4.78 is 0. The van der Waals surface area contributed by atoms with Crippen LogP contribution in [0.3, 0.4) is 0 Å². The Morgan fingerprint density at radius 1 is 1.08 bits per heavy atom. The largest absolute Gasteiger partial charge is 0.0807 e. The van der Waals surface area contributed by atoms with Gasteiger partial charge in [0.1, 0.15) is 0 Å². The summed E-state index contributed by atoms with van der Waals surface area (Å²) in [6.07, 6.45) is 11.9. The first-order chi connectivity index (χ1) is 5.72. The van der Waals surface area contributed by atoms with E-state index in [0.29, 0.717) is 0 Å². The van der Waals surface area contributed by atoms with Crippen LogP contribution in [0.2, 0.25) is 0 Å². The third-order valence-corrected chi connectivity index (χ3v) is 2.31. The topological polar surface area (TPSA) is 0 Å². The molecular weight excluding hydrogens is 144 g/mol. The maximum absolute atomic E-state index is 2.20. The Morgan fingerprint density at radius 3 is 2.58 bits per heavy atom. The molecule has 0 aromatic heterocycles. The SMILES string of the molecule is CC1=C(C)/C(C)=C/C=C\C/C=C\1. The van der Waals surface area contributed by atoms with Gasteiger partial charge in [-0.05, 0) is 43.9 Å². The van der Waals surface area contributed by atoms with Crippen LogP contribution in [0.5, 0.6) is 0 Å². The van der Waals surface area contributed by atoms with Gasteiger partial charge in [0.05, 0.1) is 0 Å². The van der Waals surface area contributed by atoms with Gasteiger partial charge in [-0.15, -0.1) is 0 Å². The van der Waals surface area contributed by atoms with Crippen LogP contribution in [0.15, 0.2) is 47.1 Å². The van der Waals surface area contributed by atoms with Crippen molar-refractivity contribution < 1.29 is 0 Å². The maximum Gasteiger partial charge on any atom is -0.0163 e. The van der Waals surface area contributed by atoms with Crippen LogP contribution in [0.4, 0.5) is 0 Å². The van der Waals surface area contributed by atoms with Gasteiger partial charge in [-0.25, -0.2) is 0 Å². The number of hydrogen-bond acceptors (Lipinski definition) is 0. The molecule has 0 aromatic carbocycles. The first-order valence-electron chi connectivity index (χ1n) is 4.39. The Labute approximate surface area is 75.0 Å². The van der Waals surface area contributed by atoms with Gasteiger partial charge in [0.15, 0.2) is 0 Å². The number of allylic oxidation sites excluding steroid dienone is 8. The van der Waals surface area contributed by atoms with Gasteiger partial charge in [0.2, 0.25) is 0 Å². The summed E-state index contributed by atoms with van der Waals surface area (Å²) in [4.78, 5) is 0. The minimum absolute atomic E-state index is 1.04. The van der Waals surface area contributed by atoms with Crippen molar-refractivity contribution >= 4 is 0 Å². The Morgan fingerprint density at radius 2 is 1.83 bits per heavy atom. The highest BCUT2D eigenvalue weighted by atomic mass is 14.0. The lowest BCUT2D eigenvalue weighted by molar-refractivity contribution is 1.27. The zero-order valence-electron chi connectivity index (χ0n) is 8.09. The molecule has 0 aliphatic heterocycles. The Kier molecular flexibility index (Phi) is 3.09. The number of rotatable bonds is 0. The highest BCUT2D eigenvalue weighted by Gasteiger charge is 1.95. The van der Waals surface area contributed by atoms with Crippen molar-refractivity contribution in [3.05, 3.63) is 47.1 Å². The second-order valence-corrected chi connectivity index (χ2v) is 3.22. The monoisotopic (exact) mass is 160 g/mol. The van der Waals surface area contributed by atoms with Gasteiger partial charge in [-0.1, -0.05) is 30.4 Å². The van der Waals surface area contributed by atoms with E-state index < -0.39 is 0 Å². The van der Waals surface area contributed by atoms with Crippen molar-refractivity contribution in [3.63, 3.8) is 0 Å². The third-order valence-electron chi connectivity index (χ3n) is 2.31. The quantitative estimate of drug-likeness (QED) is 0.506. The Balaban J connectivity index is 3.05. The highest BCUT2D eigenvalue weighted by molar-refractivity contribution is 5.39. The maximum atomic E-state index is 2.20. The van der Waals surface area contributed by atoms with Gasteiger partial charge < -0.3 is 0 Å². The third kappa shape index (κ3) is 2.23. The summed E-state index contributed by atoms with van der Waals surface area (Å²) in [5.41, 5.74) is 4.11. The summed E-state index contributed by atoms with van der Waals surface area (Å²) in [5, 5.41) is 0. The fourth-order valence-electron chi connectivity index (χ4n) is 1.18. The molecule has 1 aliphatic carbocycles. The molecule has 0 heterocycles. The van der Waals surface area contributed by atoms with Crippen molar-refractivity contribution in [2.75, 3.05) is 0 Å². The molecule has 0 fully saturated rings. The van der Waals surface area contributed by atoms with Crippen LogP contribution in [0.25, 0.3) is 0 Å². The first-order valence-corrected chi connectivity index (χ1v) is 4.39. The molecule has 0 saturated heterocycles. The van der Waals surface area contributed by atoms with Gasteiger partial charge in [-0.3, -0.25) is 0 Å². The van der Waals surface area contributed by atoms with E-state index in [1.54, 1.807) is 0 Å². The van der Waals surface area contributed by atoms with E-state index in [1.165, 1.54) is 16.7 Å². The molecular formula is C12H16. The average Bonchev–Trinajstić information content (AvgIpc) is 2.12. The summed E-state index contributed by atoms with van der Waals surface area (Å²) in [5.74, 6) is 0. The van der Waals surface area contributed by atoms with Crippen LogP contribution in [0, 0.1) is 0 Å².